The molecule has 11 aromatic rings. The average Bonchev–Trinajstić information content (AvgIpc) is 3.87. The van der Waals surface area contributed by atoms with Crippen LogP contribution in [0.2, 0.25) is 0 Å². The van der Waals surface area contributed by atoms with E-state index >= 15 is 0 Å². The number of fused-ring (bicyclic) bond motifs is 13. The van der Waals surface area contributed by atoms with E-state index in [9.17, 15) is 0 Å². The Morgan fingerprint density at radius 3 is 2.09 bits per heavy atom. The number of nitrogens with zero attached hydrogens (tertiary/aromatic N) is 8. The zero-order valence-corrected chi connectivity index (χ0v) is 32.3. The third-order valence-corrected chi connectivity index (χ3v) is 10.3. The van der Waals surface area contributed by atoms with Crippen molar-refractivity contribution in [3.8, 4) is 28.7 Å². The molecular weight excluding hydrogens is 864 g/mol. The molecular formula is C45H31N8OPt-. The Morgan fingerprint density at radius 2 is 1.35 bits per heavy atom. The van der Waals surface area contributed by atoms with Crippen LogP contribution in [0, 0.1) is 6.07 Å². The Hall–Kier alpha value is -6.44. The quantitative estimate of drug-likeness (QED) is 0.129. The fourth-order valence-corrected chi connectivity index (χ4v) is 7.66. The Labute approximate surface area is 329 Å². The van der Waals surface area contributed by atoms with Gasteiger partial charge in [0.15, 0.2) is 5.65 Å². The van der Waals surface area contributed by atoms with Crippen molar-refractivity contribution in [3.05, 3.63) is 145 Å². The molecule has 0 bridgehead atoms. The molecule has 0 aliphatic heterocycles. The first-order valence-corrected chi connectivity index (χ1v) is 17.9. The summed E-state index contributed by atoms with van der Waals surface area (Å²) < 4.78 is 13.3. The Morgan fingerprint density at radius 1 is 0.618 bits per heavy atom. The number of pyridine rings is 4. The van der Waals surface area contributed by atoms with E-state index in [2.05, 4.69) is 102 Å². The Balaban J connectivity index is 0.00000372. The van der Waals surface area contributed by atoms with E-state index in [-0.39, 0.29) is 26.5 Å². The van der Waals surface area contributed by atoms with Crippen LogP contribution in [0.5, 0.6) is 11.6 Å². The first-order chi connectivity index (χ1) is 26.4. The van der Waals surface area contributed by atoms with Crippen LogP contribution in [-0.4, -0.2) is 38.3 Å². The number of hydrogen-bond donors (Lipinski definition) is 0. The number of imidazole rings is 3. The summed E-state index contributed by atoms with van der Waals surface area (Å²) in [6, 6.07) is 44.5. The first-order valence-electron chi connectivity index (χ1n) is 17.9. The van der Waals surface area contributed by atoms with Gasteiger partial charge in [-0.05, 0) is 76.0 Å². The maximum atomic E-state index is 6.93. The second kappa shape index (κ2) is 12.3. The number of aromatic nitrogens is 8. The van der Waals surface area contributed by atoms with Crippen LogP contribution < -0.4 is 4.74 Å². The summed E-state index contributed by atoms with van der Waals surface area (Å²) in [5.41, 5.74) is 9.96. The SMILES string of the molecule is CC(C)(C)c1ccc(-c2[c-]c(Oc3ccc4c(n3)n(-c3ccccn3)c3nc5ccccc5n43)c3c4ccccc4n4c5ccccc5nc4c3c2)nc1.[Pt]. The number of para-hydroxylation sites is 5. The van der Waals surface area contributed by atoms with E-state index in [1.807, 2.05) is 65.4 Å². The maximum absolute atomic E-state index is 6.93. The molecule has 0 saturated heterocycles. The molecule has 11 rings (SSSR count). The summed E-state index contributed by atoms with van der Waals surface area (Å²) in [5, 5.41) is 2.84. The topological polar surface area (TPSA) is 87.4 Å². The molecule has 0 N–H and O–H groups in total. The molecule has 0 atom stereocenters. The van der Waals surface area contributed by atoms with E-state index in [4.69, 9.17) is 29.7 Å². The minimum atomic E-state index is -0.0287. The van der Waals surface area contributed by atoms with Crippen molar-refractivity contribution in [1.82, 2.24) is 38.3 Å². The Kier molecular flexibility index (Phi) is 7.41. The van der Waals surface area contributed by atoms with Crippen LogP contribution in [0.25, 0.3) is 83.4 Å². The molecule has 10 heteroatoms. The first kappa shape index (κ1) is 33.2. The smallest absolute Gasteiger partial charge is 0.223 e. The van der Waals surface area contributed by atoms with Crippen LogP contribution in [0.15, 0.2) is 134 Å². The van der Waals surface area contributed by atoms with Crippen LogP contribution in [-0.2, 0) is 26.5 Å². The number of ether oxygens (including phenoxy) is 1. The van der Waals surface area contributed by atoms with Gasteiger partial charge < -0.3 is 9.72 Å². The van der Waals surface area contributed by atoms with Crippen molar-refractivity contribution in [2.24, 2.45) is 0 Å². The third-order valence-electron chi connectivity index (χ3n) is 10.3. The molecule has 0 spiro atoms. The molecule has 0 fully saturated rings. The van der Waals surface area contributed by atoms with Gasteiger partial charge in [-0.3, -0.25) is 8.80 Å². The summed E-state index contributed by atoms with van der Waals surface area (Å²) in [5.74, 6) is 2.38. The van der Waals surface area contributed by atoms with E-state index in [0.717, 1.165) is 77.5 Å². The number of hydrogen-bond acceptors (Lipinski definition) is 6. The van der Waals surface area contributed by atoms with E-state index in [1.54, 1.807) is 6.20 Å². The minimum Gasteiger partial charge on any atom is -0.458 e. The molecule has 0 unspecified atom stereocenters. The van der Waals surface area contributed by atoms with E-state index < -0.39 is 0 Å². The zero-order valence-electron chi connectivity index (χ0n) is 30.0. The summed E-state index contributed by atoms with van der Waals surface area (Å²) in [6.07, 6.45) is 3.73. The van der Waals surface area contributed by atoms with E-state index in [0.29, 0.717) is 23.1 Å². The average molecular weight is 895 g/mol. The normalized spacial score (nSPS) is 12.1. The molecule has 0 radical (unpaired) electrons. The standard InChI is InChI=1S/C45H31N8O.Pt/c1-45(2,3)28-19-20-31(47-26-28)27-24-30-41(29-12-4-7-15-34(29)51-35-16-8-5-13-32(35)48-42(30)51)38(25-27)54-40-22-21-37-43(50-40)53(39-18-10-11-23-46-39)44-49-33-14-6-9-17-36(33)52(37)44;/h4-24,26H,1-3H3;/q-1;. The fourth-order valence-electron chi connectivity index (χ4n) is 7.66. The second-order valence-electron chi connectivity index (χ2n) is 14.6. The number of rotatable bonds is 4. The van der Waals surface area contributed by atoms with E-state index in [1.165, 1.54) is 0 Å². The van der Waals surface area contributed by atoms with Gasteiger partial charge in [-0.25, -0.2) is 19.5 Å². The van der Waals surface area contributed by atoms with Gasteiger partial charge in [-0.1, -0.05) is 92.9 Å². The predicted molar refractivity (Wildman–Crippen MR) is 214 cm³/mol. The van der Waals surface area contributed by atoms with Crippen molar-refractivity contribution in [2.45, 2.75) is 26.2 Å². The van der Waals surface area contributed by atoms with Crippen molar-refractivity contribution >= 4 is 66.3 Å². The molecule has 7 heterocycles. The monoisotopic (exact) mass is 894 g/mol. The molecule has 0 saturated carbocycles. The molecule has 0 aliphatic carbocycles. The molecule has 7 aromatic heterocycles. The van der Waals surface area contributed by atoms with Crippen molar-refractivity contribution in [3.63, 3.8) is 0 Å². The molecule has 9 nitrogen and oxygen atoms in total. The molecule has 0 amide bonds. The molecule has 4 aromatic carbocycles. The molecule has 0 aliphatic rings. The van der Waals surface area contributed by atoms with Crippen LogP contribution in [0.1, 0.15) is 26.3 Å². The third kappa shape index (κ3) is 5.07. The van der Waals surface area contributed by atoms with Crippen LogP contribution in [0.4, 0.5) is 0 Å². The second-order valence-corrected chi connectivity index (χ2v) is 14.6. The fraction of sp³-hybridized carbons (Fsp3) is 0.0889. The zero-order chi connectivity index (χ0) is 36.1. The van der Waals surface area contributed by atoms with Gasteiger partial charge in [-0.2, -0.15) is 4.98 Å². The van der Waals surface area contributed by atoms with Gasteiger partial charge in [0.25, 0.3) is 0 Å². The van der Waals surface area contributed by atoms with Gasteiger partial charge in [0.1, 0.15) is 11.5 Å². The van der Waals surface area contributed by atoms with Gasteiger partial charge in [0, 0.05) is 45.0 Å². The van der Waals surface area contributed by atoms with Gasteiger partial charge in [0.2, 0.25) is 11.7 Å². The Bertz CT molecular complexity index is 3290. The van der Waals surface area contributed by atoms with Crippen molar-refractivity contribution < 1.29 is 25.8 Å². The predicted octanol–water partition coefficient (Wildman–Crippen LogP) is 10.3. The summed E-state index contributed by atoms with van der Waals surface area (Å²) in [4.78, 5) is 25.0. The maximum Gasteiger partial charge on any atom is 0.223 e. The summed E-state index contributed by atoms with van der Waals surface area (Å²) >= 11 is 0. The van der Waals surface area contributed by atoms with Crippen LogP contribution >= 0.6 is 0 Å². The van der Waals surface area contributed by atoms with Crippen molar-refractivity contribution in [1.29, 1.82) is 0 Å². The minimum absolute atomic E-state index is 0. The molecule has 55 heavy (non-hydrogen) atoms. The summed E-state index contributed by atoms with van der Waals surface area (Å²) in [6.45, 7) is 6.57. The molecule has 268 valence electrons. The van der Waals surface area contributed by atoms with Gasteiger partial charge in [-0.15, -0.1) is 11.6 Å². The van der Waals surface area contributed by atoms with Gasteiger partial charge >= 0.3 is 0 Å². The summed E-state index contributed by atoms with van der Waals surface area (Å²) in [7, 11) is 0. The largest absolute Gasteiger partial charge is 0.458 e. The number of benzene rings is 4. The van der Waals surface area contributed by atoms with Gasteiger partial charge in [0.05, 0.1) is 33.3 Å². The van der Waals surface area contributed by atoms with Crippen LogP contribution in [0.3, 0.4) is 0 Å². The van der Waals surface area contributed by atoms with Crippen molar-refractivity contribution in [2.75, 3.05) is 0 Å².